The van der Waals surface area contributed by atoms with Crippen molar-refractivity contribution in [2.75, 3.05) is 0 Å². The van der Waals surface area contributed by atoms with Gasteiger partial charge in [-0.05, 0) is 36.2 Å². The van der Waals surface area contributed by atoms with E-state index >= 15 is 0 Å². The standard InChI is InChI=1S/C11H10N2.C2H6/c1-9-6-11(8-13-7-9)10-2-4-12-5-3-10;1-2/h2-8H,1H3;1-2H3. The number of hydrogen-bond acceptors (Lipinski definition) is 2. The van der Waals surface area contributed by atoms with Crippen LogP contribution in [0.4, 0.5) is 0 Å². The average molecular weight is 200 g/mol. The smallest absolute Gasteiger partial charge is 0.0346 e. The van der Waals surface area contributed by atoms with Gasteiger partial charge < -0.3 is 0 Å². The number of aromatic nitrogens is 2. The molecular formula is C13H16N2. The molecule has 0 radical (unpaired) electrons. The highest BCUT2D eigenvalue weighted by Gasteiger charge is 1.96. The van der Waals surface area contributed by atoms with Crippen molar-refractivity contribution in [1.29, 1.82) is 0 Å². The summed E-state index contributed by atoms with van der Waals surface area (Å²) in [6.45, 7) is 6.04. The highest BCUT2D eigenvalue weighted by Crippen LogP contribution is 2.17. The molecule has 2 heteroatoms. The lowest BCUT2D eigenvalue weighted by molar-refractivity contribution is 1.26. The molecule has 0 unspecified atom stereocenters. The third kappa shape index (κ3) is 3.17. The largest absolute Gasteiger partial charge is 0.265 e. The second-order valence-electron chi connectivity index (χ2n) is 2.99. The Balaban J connectivity index is 0.000000531. The molecule has 0 aliphatic rings. The van der Waals surface area contributed by atoms with E-state index < -0.39 is 0 Å². The minimum Gasteiger partial charge on any atom is -0.265 e. The van der Waals surface area contributed by atoms with Gasteiger partial charge in [0.15, 0.2) is 0 Å². The lowest BCUT2D eigenvalue weighted by Crippen LogP contribution is -1.82. The summed E-state index contributed by atoms with van der Waals surface area (Å²) in [5.41, 5.74) is 3.47. The molecule has 0 aromatic carbocycles. The van der Waals surface area contributed by atoms with Gasteiger partial charge in [0.05, 0.1) is 0 Å². The van der Waals surface area contributed by atoms with Gasteiger partial charge in [-0.3, -0.25) is 9.97 Å². The summed E-state index contributed by atoms with van der Waals surface area (Å²) in [5, 5.41) is 0. The van der Waals surface area contributed by atoms with Crippen LogP contribution in [-0.4, -0.2) is 9.97 Å². The van der Waals surface area contributed by atoms with E-state index in [1.54, 1.807) is 12.4 Å². The highest BCUT2D eigenvalue weighted by molar-refractivity contribution is 5.62. The van der Waals surface area contributed by atoms with Gasteiger partial charge in [0.2, 0.25) is 0 Å². The summed E-state index contributed by atoms with van der Waals surface area (Å²) in [5.74, 6) is 0. The quantitative estimate of drug-likeness (QED) is 0.704. The van der Waals surface area contributed by atoms with Gasteiger partial charge in [0, 0.05) is 30.4 Å². The van der Waals surface area contributed by atoms with E-state index in [-0.39, 0.29) is 0 Å². The van der Waals surface area contributed by atoms with E-state index in [9.17, 15) is 0 Å². The molecule has 0 N–H and O–H groups in total. The second kappa shape index (κ2) is 5.91. The van der Waals surface area contributed by atoms with E-state index in [4.69, 9.17) is 0 Å². The molecular weight excluding hydrogens is 184 g/mol. The molecule has 2 aromatic heterocycles. The molecule has 0 saturated heterocycles. The first kappa shape index (κ1) is 11.4. The Labute approximate surface area is 91.0 Å². The van der Waals surface area contributed by atoms with Crippen molar-refractivity contribution in [2.45, 2.75) is 20.8 Å². The maximum atomic E-state index is 4.14. The maximum absolute atomic E-state index is 4.14. The zero-order chi connectivity index (χ0) is 11.1. The van der Waals surface area contributed by atoms with Crippen LogP contribution in [0.15, 0.2) is 43.0 Å². The maximum Gasteiger partial charge on any atom is 0.0346 e. The minimum atomic E-state index is 1.14. The van der Waals surface area contributed by atoms with Crippen LogP contribution < -0.4 is 0 Å². The first-order chi connectivity index (χ1) is 7.36. The molecule has 15 heavy (non-hydrogen) atoms. The summed E-state index contributed by atoms with van der Waals surface area (Å²) >= 11 is 0. The van der Waals surface area contributed by atoms with Crippen molar-refractivity contribution in [3.63, 3.8) is 0 Å². The SMILES string of the molecule is CC.Cc1cncc(-c2ccncc2)c1. The predicted octanol–water partition coefficient (Wildman–Crippen LogP) is 3.48. The summed E-state index contributed by atoms with van der Waals surface area (Å²) in [6, 6.07) is 6.08. The molecule has 2 heterocycles. The van der Waals surface area contributed by atoms with Crippen LogP contribution in [0, 0.1) is 6.92 Å². The Morgan fingerprint density at radius 3 is 2.13 bits per heavy atom. The Morgan fingerprint density at radius 1 is 0.867 bits per heavy atom. The van der Waals surface area contributed by atoms with Crippen LogP contribution in [-0.2, 0) is 0 Å². The van der Waals surface area contributed by atoms with Crippen LogP contribution >= 0.6 is 0 Å². The third-order valence-electron chi connectivity index (χ3n) is 1.89. The van der Waals surface area contributed by atoms with E-state index in [0.29, 0.717) is 0 Å². The Bertz CT molecular complexity index is 396. The zero-order valence-corrected chi connectivity index (χ0v) is 9.44. The van der Waals surface area contributed by atoms with Gasteiger partial charge in [-0.2, -0.15) is 0 Å². The number of pyridine rings is 2. The number of nitrogens with zero attached hydrogens (tertiary/aromatic N) is 2. The lowest BCUT2D eigenvalue weighted by atomic mass is 10.1. The highest BCUT2D eigenvalue weighted by atomic mass is 14.6. The number of rotatable bonds is 1. The van der Waals surface area contributed by atoms with Gasteiger partial charge in [-0.15, -0.1) is 0 Å². The van der Waals surface area contributed by atoms with E-state index in [1.807, 2.05) is 45.3 Å². The van der Waals surface area contributed by atoms with E-state index in [0.717, 1.165) is 11.1 Å². The van der Waals surface area contributed by atoms with Crippen molar-refractivity contribution in [1.82, 2.24) is 9.97 Å². The first-order valence-corrected chi connectivity index (χ1v) is 5.18. The molecule has 0 amide bonds. The number of aryl methyl sites for hydroxylation is 1. The Hall–Kier alpha value is -1.70. The van der Waals surface area contributed by atoms with Crippen molar-refractivity contribution in [3.05, 3.63) is 48.5 Å². The van der Waals surface area contributed by atoms with Gasteiger partial charge in [-0.25, -0.2) is 0 Å². The first-order valence-electron chi connectivity index (χ1n) is 5.18. The summed E-state index contributed by atoms with van der Waals surface area (Å²) in [6.07, 6.45) is 7.29. The molecule has 0 bridgehead atoms. The molecule has 78 valence electrons. The van der Waals surface area contributed by atoms with Gasteiger partial charge in [-0.1, -0.05) is 13.8 Å². The van der Waals surface area contributed by atoms with E-state index in [2.05, 4.69) is 16.0 Å². The molecule has 0 aliphatic heterocycles. The van der Waals surface area contributed by atoms with Crippen LogP contribution in [0.2, 0.25) is 0 Å². The molecule has 0 atom stereocenters. The molecule has 2 aromatic rings. The molecule has 0 saturated carbocycles. The second-order valence-corrected chi connectivity index (χ2v) is 2.99. The van der Waals surface area contributed by atoms with Crippen molar-refractivity contribution < 1.29 is 0 Å². The van der Waals surface area contributed by atoms with Gasteiger partial charge in [0.1, 0.15) is 0 Å². The zero-order valence-electron chi connectivity index (χ0n) is 9.44. The predicted molar refractivity (Wildman–Crippen MR) is 63.6 cm³/mol. The normalized spacial score (nSPS) is 9.00. The van der Waals surface area contributed by atoms with Crippen molar-refractivity contribution >= 4 is 0 Å². The molecule has 0 spiro atoms. The topological polar surface area (TPSA) is 25.8 Å². The number of hydrogen-bond donors (Lipinski definition) is 0. The third-order valence-corrected chi connectivity index (χ3v) is 1.89. The monoisotopic (exact) mass is 200 g/mol. The Kier molecular flexibility index (Phi) is 4.48. The van der Waals surface area contributed by atoms with Crippen molar-refractivity contribution in [2.24, 2.45) is 0 Å². The van der Waals surface area contributed by atoms with Crippen LogP contribution in [0.25, 0.3) is 11.1 Å². The fourth-order valence-corrected chi connectivity index (χ4v) is 1.26. The lowest BCUT2D eigenvalue weighted by Gasteiger charge is -2.00. The average Bonchev–Trinajstić information content (AvgIpc) is 2.33. The summed E-state index contributed by atoms with van der Waals surface area (Å²) in [4.78, 5) is 8.11. The van der Waals surface area contributed by atoms with Crippen LogP contribution in [0.1, 0.15) is 19.4 Å². The minimum absolute atomic E-state index is 1.14. The Morgan fingerprint density at radius 2 is 1.53 bits per heavy atom. The van der Waals surface area contributed by atoms with Crippen LogP contribution in [0.5, 0.6) is 0 Å². The molecule has 2 rings (SSSR count). The fourth-order valence-electron chi connectivity index (χ4n) is 1.26. The summed E-state index contributed by atoms with van der Waals surface area (Å²) < 4.78 is 0. The van der Waals surface area contributed by atoms with E-state index in [1.165, 1.54) is 5.56 Å². The van der Waals surface area contributed by atoms with Gasteiger partial charge in [0.25, 0.3) is 0 Å². The molecule has 2 nitrogen and oxygen atoms in total. The van der Waals surface area contributed by atoms with Crippen molar-refractivity contribution in [3.8, 4) is 11.1 Å². The van der Waals surface area contributed by atoms with Crippen LogP contribution in [0.3, 0.4) is 0 Å². The molecule has 0 aliphatic carbocycles. The molecule has 0 fully saturated rings. The van der Waals surface area contributed by atoms with Gasteiger partial charge >= 0.3 is 0 Å². The summed E-state index contributed by atoms with van der Waals surface area (Å²) in [7, 11) is 0. The fraction of sp³-hybridized carbons (Fsp3) is 0.231.